The number of hydrogen-bond donors (Lipinski definition) is 1. The van der Waals surface area contributed by atoms with E-state index in [2.05, 4.69) is 31.1 Å². The van der Waals surface area contributed by atoms with Gasteiger partial charge in [0.15, 0.2) is 0 Å². The first-order valence-corrected chi connectivity index (χ1v) is 4.50. The average molecular weight is 174 g/mol. The van der Waals surface area contributed by atoms with Crippen molar-refractivity contribution in [2.24, 2.45) is 0 Å². The Morgan fingerprint density at radius 2 is 2.00 bits per heavy atom. The van der Waals surface area contributed by atoms with E-state index in [9.17, 15) is 0 Å². The summed E-state index contributed by atoms with van der Waals surface area (Å²) in [5.74, 6) is 0. The van der Waals surface area contributed by atoms with E-state index in [0.717, 1.165) is 13.2 Å². The molecule has 0 fully saturated rings. The van der Waals surface area contributed by atoms with Gasteiger partial charge in [0.1, 0.15) is 0 Å². The molecule has 0 aromatic rings. The minimum atomic E-state index is 0.520. The predicted octanol–water partition coefficient (Wildman–Crippen LogP) is 0.561. The molecule has 0 aliphatic rings. The lowest BCUT2D eigenvalue weighted by Gasteiger charge is -2.29. The molecule has 3 heteroatoms. The largest absolute Gasteiger partial charge is 0.383 e. The van der Waals surface area contributed by atoms with E-state index in [1.807, 2.05) is 7.05 Å². The van der Waals surface area contributed by atoms with Crippen LogP contribution in [0, 0.1) is 0 Å². The van der Waals surface area contributed by atoms with E-state index in [1.54, 1.807) is 7.11 Å². The van der Waals surface area contributed by atoms with E-state index in [4.69, 9.17) is 4.74 Å². The minimum absolute atomic E-state index is 0.520. The fraction of sp³-hybridized carbons (Fsp3) is 1.00. The Bertz CT molecular complexity index is 109. The maximum atomic E-state index is 5.01. The summed E-state index contributed by atoms with van der Waals surface area (Å²) < 4.78 is 5.01. The molecule has 12 heavy (non-hydrogen) atoms. The van der Waals surface area contributed by atoms with E-state index < -0.39 is 0 Å². The molecule has 0 radical (unpaired) electrons. The van der Waals surface area contributed by atoms with Crippen molar-refractivity contribution in [2.75, 3.05) is 34.4 Å². The molecule has 0 bridgehead atoms. The summed E-state index contributed by atoms with van der Waals surface area (Å²) in [5.41, 5.74) is 0. The molecule has 0 aliphatic heterocycles. The number of hydrogen-bond acceptors (Lipinski definition) is 3. The van der Waals surface area contributed by atoms with Crippen LogP contribution in [0.25, 0.3) is 0 Å². The third-order valence-corrected chi connectivity index (χ3v) is 2.52. The quantitative estimate of drug-likeness (QED) is 0.637. The number of rotatable bonds is 6. The minimum Gasteiger partial charge on any atom is -0.383 e. The first-order chi connectivity index (χ1) is 5.63. The molecular weight excluding hydrogens is 152 g/mol. The van der Waals surface area contributed by atoms with Crippen molar-refractivity contribution in [1.82, 2.24) is 10.2 Å². The third kappa shape index (κ3) is 4.04. The molecule has 3 nitrogen and oxygen atoms in total. The van der Waals surface area contributed by atoms with Crippen LogP contribution in [0.2, 0.25) is 0 Å². The second kappa shape index (κ2) is 6.40. The van der Waals surface area contributed by atoms with Gasteiger partial charge in [-0.25, -0.2) is 0 Å². The second-order valence-electron chi connectivity index (χ2n) is 3.29. The Labute approximate surface area is 76.1 Å². The topological polar surface area (TPSA) is 24.5 Å². The summed E-state index contributed by atoms with van der Waals surface area (Å²) in [6, 6.07) is 1.07. The van der Waals surface area contributed by atoms with Gasteiger partial charge < -0.3 is 10.1 Å². The molecule has 0 spiro atoms. The lowest BCUT2D eigenvalue weighted by molar-refractivity contribution is 0.132. The van der Waals surface area contributed by atoms with Gasteiger partial charge in [0.05, 0.1) is 6.61 Å². The van der Waals surface area contributed by atoms with Crippen molar-refractivity contribution in [1.29, 1.82) is 0 Å². The second-order valence-corrected chi connectivity index (χ2v) is 3.29. The lowest BCUT2D eigenvalue weighted by Crippen LogP contribution is -2.44. The Kier molecular flexibility index (Phi) is 6.34. The first-order valence-electron chi connectivity index (χ1n) is 4.50. The van der Waals surface area contributed by atoms with Crippen molar-refractivity contribution in [3.8, 4) is 0 Å². The molecule has 0 saturated carbocycles. The summed E-state index contributed by atoms with van der Waals surface area (Å²) in [7, 11) is 5.85. The third-order valence-electron chi connectivity index (χ3n) is 2.52. The van der Waals surface area contributed by atoms with Gasteiger partial charge in [0.2, 0.25) is 0 Å². The van der Waals surface area contributed by atoms with Gasteiger partial charge in [-0.05, 0) is 27.9 Å². The highest BCUT2D eigenvalue weighted by Gasteiger charge is 2.14. The van der Waals surface area contributed by atoms with E-state index >= 15 is 0 Å². The summed E-state index contributed by atoms with van der Waals surface area (Å²) in [4.78, 5) is 2.30. The lowest BCUT2D eigenvalue weighted by atomic mass is 10.1. The van der Waals surface area contributed by atoms with Crippen LogP contribution in [0.3, 0.4) is 0 Å². The highest BCUT2D eigenvalue weighted by Crippen LogP contribution is 2.00. The number of nitrogens with one attached hydrogen (secondary N) is 1. The number of likely N-dealkylation sites (N-methyl/N-ethyl adjacent to an activating group) is 2. The molecule has 0 aromatic carbocycles. The Hall–Kier alpha value is -0.120. The molecule has 0 aromatic heterocycles. The van der Waals surface area contributed by atoms with Crippen molar-refractivity contribution in [3.05, 3.63) is 0 Å². The molecule has 0 saturated heterocycles. The van der Waals surface area contributed by atoms with E-state index in [1.165, 1.54) is 0 Å². The van der Waals surface area contributed by atoms with Gasteiger partial charge in [-0.2, -0.15) is 0 Å². The summed E-state index contributed by atoms with van der Waals surface area (Å²) in [6.07, 6.45) is 0. The van der Waals surface area contributed by atoms with Crippen LogP contribution in [0.4, 0.5) is 0 Å². The highest BCUT2D eigenvalue weighted by atomic mass is 16.5. The highest BCUT2D eigenvalue weighted by molar-refractivity contribution is 4.73. The van der Waals surface area contributed by atoms with Crippen LogP contribution in [0.15, 0.2) is 0 Å². The Balaban J connectivity index is 3.67. The Morgan fingerprint density at radius 1 is 1.42 bits per heavy atom. The van der Waals surface area contributed by atoms with Gasteiger partial charge in [0.25, 0.3) is 0 Å². The Morgan fingerprint density at radius 3 is 2.42 bits per heavy atom. The van der Waals surface area contributed by atoms with Crippen LogP contribution < -0.4 is 5.32 Å². The smallest absolute Gasteiger partial charge is 0.0589 e. The summed E-state index contributed by atoms with van der Waals surface area (Å²) >= 11 is 0. The van der Waals surface area contributed by atoms with Crippen molar-refractivity contribution >= 4 is 0 Å². The van der Waals surface area contributed by atoms with E-state index in [0.29, 0.717) is 12.1 Å². The maximum absolute atomic E-state index is 5.01. The average Bonchev–Trinajstić information content (AvgIpc) is 2.11. The molecule has 0 amide bonds. The van der Waals surface area contributed by atoms with Crippen LogP contribution >= 0.6 is 0 Å². The zero-order chi connectivity index (χ0) is 9.56. The molecule has 2 unspecified atom stereocenters. The van der Waals surface area contributed by atoms with Gasteiger partial charge in [-0.1, -0.05) is 0 Å². The first kappa shape index (κ1) is 11.9. The van der Waals surface area contributed by atoms with Gasteiger partial charge in [0, 0.05) is 25.7 Å². The van der Waals surface area contributed by atoms with Gasteiger partial charge in [-0.3, -0.25) is 4.90 Å². The standard InChI is InChI=1S/C9H22N2O/c1-8(10-3)9(2)11(4)6-7-12-5/h8-10H,6-7H2,1-5H3. The zero-order valence-corrected chi connectivity index (χ0v) is 8.92. The normalized spacial score (nSPS) is 16.5. The fourth-order valence-electron chi connectivity index (χ4n) is 1.06. The molecule has 1 N–H and O–H groups in total. The van der Waals surface area contributed by atoms with Crippen LogP contribution in [0.5, 0.6) is 0 Å². The molecule has 0 aliphatic carbocycles. The molecule has 0 heterocycles. The molecular formula is C9H22N2O. The van der Waals surface area contributed by atoms with Crippen molar-refractivity contribution in [3.63, 3.8) is 0 Å². The molecule has 2 atom stereocenters. The van der Waals surface area contributed by atoms with Gasteiger partial charge in [-0.15, -0.1) is 0 Å². The van der Waals surface area contributed by atoms with Crippen LogP contribution in [-0.4, -0.2) is 51.3 Å². The maximum Gasteiger partial charge on any atom is 0.0589 e. The van der Waals surface area contributed by atoms with Crippen molar-refractivity contribution < 1.29 is 4.74 Å². The number of nitrogens with zero attached hydrogens (tertiary/aromatic N) is 1. The number of ether oxygens (including phenoxy) is 1. The van der Waals surface area contributed by atoms with E-state index in [-0.39, 0.29) is 0 Å². The SMILES string of the molecule is CNC(C)C(C)N(C)CCOC. The monoisotopic (exact) mass is 174 g/mol. The van der Waals surface area contributed by atoms with Crippen LogP contribution in [-0.2, 0) is 4.74 Å². The van der Waals surface area contributed by atoms with Crippen molar-refractivity contribution in [2.45, 2.75) is 25.9 Å². The van der Waals surface area contributed by atoms with Crippen LogP contribution in [0.1, 0.15) is 13.8 Å². The fourth-order valence-corrected chi connectivity index (χ4v) is 1.06. The van der Waals surface area contributed by atoms with Gasteiger partial charge >= 0.3 is 0 Å². The zero-order valence-electron chi connectivity index (χ0n) is 8.92. The summed E-state index contributed by atoms with van der Waals surface area (Å²) in [5, 5.41) is 3.24. The molecule has 74 valence electrons. The summed E-state index contributed by atoms with van der Waals surface area (Å²) in [6.45, 7) is 6.20. The predicted molar refractivity (Wildman–Crippen MR) is 52.5 cm³/mol. The number of methoxy groups -OCH3 is 1. The molecule has 0 rings (SSSR count).